The predicted molar refractivity (Wildman–Crippen MR) is 104 cm³/mol. The molecule has 6 heteroatoms. The van der Waals surface area contributed by atoms with E-state index >= 15 is 0 Å². The van der Waals surface area contributed by atoms with Crippen molar-refractivity contribution < 1.29 is 9.47 Å². The first kappa shape index (κ1) is 16.9. The van der Waals surface area contributed by atoms with Gasteiger partial charge in [0.15, 0.2) is 0 Å². The summed E-state index contributed by atoms with van der Waals surface area (Å²) >= 11 is 0. The van der Waals surface area contributed by atoms with Gasteiger partial charge < -0.3 is 13.9 Å². The van der Waals surface area contributed by atoms with Crippen LogP contribution in [0.25, 0.3) is 22.6 Å². The maximum absolute atomic E-state index is 12.9. The Hall–Kier alpha value is -3.54. The van der Waals surface area contributed by atoms with Gasteiger partial charge in [-0.2, -0.15) is 0 Å². The van der Waals surface area contributed by atoms with Crippen LogP contribution in [0.15, 0.2) is 71.9 Å². The van der Waals surface area contributed by atoms with E-state index in [0.29, 0.717) is 12.3 Å². The van der Waals surface area contributed by atoms with E-state index in [1.165, 1.54) is 0 Å². The van der Waals surface area contributed by atoms with Crippen LogP contribution in [0.2, 0.25) is 0 Å². The van der Waals surface area contributed by atoms with E-state index in [2.05, 4.69) is 4.98 Å². The van der Waals surface area contributed by atoms with Gasteiger partial charge in [-0.15, -0.1) is 0 Å². The first-order chi connectivity index (χ1) is 13.2. The fourth-order valence-corrected chi connectivity index (χ4v) is 2.95. The molecule has 0 bridgehead atoms. The van der Waals surface area contributed by atoms with E-state index in [-0.39, 0.29) is 5.56 Å². The molecule has 0 saturated carbocycles. The molecule has 2 aromatic carbocycles. The molecule has 0 saturated heterocycles. The van der Waals surface area contributed by atoms with Crippen molar-refractivity contribution in [3.63, 3.8) is 0 Å². The van der Waals surface area contributed by atoms with Gasteiger partial charge in [0.05, 0.1) is 19.4 Å². The van der Waals surface area contributed by atoms with Gasteiger partial charge in [-0.1, -0.05) is 0 Å². The quantitative estimate of drug-likeness (QED) is 0.545. The van der Waals surface area contributed by atoms with Crippen molar-refractivity contribution >= 4 is 5.65 Å². The molecule has 0 unspecified atom stereocenters. The Kier molecular flexibility index (Phi) is 4.38. The van der Waals surface area contributed by atoms with E-state index in [9.17, 15) is 4.79 Å². The Bertz CT molecular complexity index is 1130. The summed E-state index contributed by atoms with van der Waals surface area (Å²) in [6.45, 7) is 2.57. The molecule has 2 aromatic heterocycles. The highest BCUT2D eigenvalue weighted by Crippen LogP contribution is 2.22. The number of hydrogen-bond donors (Lipinski definition) is 0. The summed E-state index contributed by atoms with van der Waals surface area (Å²) in [6.07, 6.45) is 5.41. The molecule has 0 fully saturated rings. The van der Waals surface area contributed by atoms with Crippen molar-refractivity contribution in [3.8, 4) is 28.4 Å². The molecule has 4 aromatic rings. The molecule has 0 spiro atoms. The number of ether oxygens (including phenoxy) is 2. The number of aromatic nitrogens is 3. The Labute approximate surface area is 156 Å². The number of fused-ring (bicyclic) bond motifs is 1. The predicted octanol–water partition coefficient (Wildman–Crippen LogP) is 3.56. The van der Waals surface area contributed by atoms with Crippen molar-refractivity contribution in [1.29, 1.82) is 0 Å². The zero-order valence-corrected chi connectivity index (χ0v) is 15.1. The van der Waals surface area contributed by atoms with E-state index < -0.39 is 0 Å². The lowest BCUT2D eigenvalue weighted by Crippen LogP contribution is -2.19. The third kappa shape index (κ3) is 3.17. The van der Waals surface area contributed by atoms with Gasteiger partial charge in [0.1, 0.15) is 11.5 Å². The van der Waals surface area contributed by atoms with Crippen LogP contribution in [-0.2, 0) is 0 Å². The lowest BCUT2D eigenvalue weighted by Gasteiger charge is -2.06. The number of imidazole rings is 1. The minimum atomic E-state index is -0.181. The summed E-state index contributed by atoms with van der Waals surface area (Å²) in [4.78, 5) is 17.4. The van der Waals surface area contributed by atoms with Crippen LogP contribution in [0.1, 0.15) is 6.92 Å². The third-order valence-corrected chi connectivity index (χ3v) is 4.33. The fraction of sp³-hybridized carbons (Fsp3) is 0.143. The Balaban J connectivity index is 1.74. The second-order valence-corrected chi connectivity index (χ2v) is 5.99. The molecule has 2 heterocycles. The van der Waals surface area contributed by atoms with Crippen molar-refractivity contribution in [2.45, 2.75) is 6.92 Å². The molecule has 0 atom stereocenters. The third-order valence-electron chi connectivity index (χ3n) is 4.33. The molecule has 0 aliphatic rings. The summed E-state index contributed by atoms with van der Waals surface area (Å²) in [7, 11) is 1.61. The van der Waals surface area contributed by atoms with Gasteiger partial charge in [-0.25, -0.2) is 4.98 Å². The highest BCUT2D eigenvalue weighted by molar-refractivity contribution is 5.63. The Morgan fingerprint density at radius 2 is 1.67 bits per heavy atom. The van der Waals surface area contributed by atoms with E-state index in [1.807, 2.05) is 67.8 Å². The molecule has 136 valence electrons. The summed E-state index contributed by atoms with van der Waals surface area (Å²) in [5.74, 6) is 1.55. The largest absolute Gasteiger partial charge is 0.497 e. The van der Waals surface area contributed by atoms with Gasteiger partial charge in [-0.3, -0.25) is 9.36 Å². The lowest BCUT2D eigenvalue weighted by atomic mass is 10.2. The number of methoxy groups -OCH3 is 1. The van der Waals surface area contributed by atoms with Gasteiger partial charge >= 0.3 is 0 Å². The molecule has 0 radical (unpaired) electrons. The number of hydrogen-bond acceptors (Lipinski definition) is 4. The van der Waals surface area contributed by atoms with Gasteiger partial charge in [0.25, 0.3) is 5.56 Å². The fourth-order valence-electron chi connectivity index (χ4n) is 2.95. The van der Waals surface area contributed by atoms with E-state index in [1.54, 1.807) is 22.3 Å². The van der Waals surface area contributed by atoms with E-state index in [4.69, 9.17) is 9.47 Å². The van der Waals surface area contributed by atoms with Crippen LogP contribution in [0.3, 0.4) is 0 Å². The van der Waals surface area contributed by atoms with Crippen molar-refractivity contribution in [2.24, 2.45) is 0 Å². The molecule has 0 aliphatic heterocycles. The van der Waals surface area contributed by atoms with Crippen molar-refractivity contribution in [2.75, 3.05) is 13.7 Å². The summed E-state index contributed by atoms with van der Waals surface area (Å²) in [6, 6.07) is 15.0. The number of benzene rings is 2. The smallest absolute Gasteiger partial charge is 0.298 e. The minimum absolute atomic E-state index is 0.181. The first-order valence-electron chi connectivity index (χ1n) is 8.67. The molecule has 0 aliphatic carbocycles. The minimum Gasteiger partial charge on any atom is -0.497 e. The lowest BCUT2D eigenvalue weighted by molar-refractivity contribution is 0.340. The molecule has 0 amide bonds. The highest BCUT2D eigenvalue weighted by atomic mass is 16.5. The van der Waals surface area contributed by atoms with E-state index in [0.717, 1.165) is 28.4 Å². The summed E-state index contributed by atoms with van der Waals surface area (Å²) in [5, 5.41) is 0. The van der Waals surface area contributed by atoms with Gasteiger partial charge in [0.2, 0.25) is 5.65 Å². The van der Waals surface area contributed by atoms with Crippen LogP contribution < -0.4 is 15.0 Å². The zero-order valence-electron chi connectivity index (χ0n) is 15.1. The normalized spacial score (nSPS) is 10.9. The summed E-state index contributed by atoms with van der Waals surface area (Å²) in [5.41, 5.74) is 2.62. The molecular formula is C21H19N3O3. The molecule has 4 rings (SSSR count). The van der Waals surface area contributed by atoms with Gasteiger partial charge in [0, 0.05) is 29.8 Å². The second-order valence-electron chi connectivity index (χ2n) is 5.99. The van der Waals surface area contributed by atoms with Crippen molar-refractivity contribution in [3.05, 3.63) is 77.5 Å². The maximum atomic E-state index is 12.9. The standard InChI is InChI=1S/C21H19N3O3/c1-3-27-18-8-4-15(5-9-18)19-14-23-12-13-24(21(25)20(23)22-19)16-6-10-17(26-2)11-7-16/h4-14H,3H2,1-2H3. The molecule has 0 N–H and O–H groups in total. The van der Waals surface area contributed by atoms with Crippen molar-refractivity contribution in [1.82, 2.24) is 14.0 Å². The van der Waals surface area contributed by atoms with Crippen LogP contribution in [-0.4, -0.2) is 27.7 Å². The summed E-state index contributed by atoms with van der Waals surface area (Å²) < 4.78 is 14.0. The highest BCUT2D eigenvalue weighted by Gasteiger charge is 2.10. The molecular weight excluding hydrogens is 342 g/mol. The second kappa shape index (κ2) is 6.99. The SMILES string of the molecule is CCOc1ccc(-c2cn3ccn(-c4ccc(OC)cc4)c(=O)c3n2)cc1. The van der Waals surface area contributed by atoms with Crippen LogP contribution in [0.5, 0.6) is 11.5 Å². The average Bonchev–Trinajstić information content (AvgIpc) is 3.15. The van der Waals surface area contributed by atoms with Crippen LogP contribution >= 0.6 is 0 Å². The van der Waals surface area contributed by atoms with Crippen LogP contribution in [0, 0.1) is 0 Å². The Morgan fingerprint density at radius 1 is 0.963 bits per heavy atom. The molecule has 6 nitrogen and oxygen atoms in total. The Morgan fingerprint density at radius 3 is 2.33 bits per heavy atom. The topological polar surface area (TPSA) is 57.8 Å². The monoisotopic (exact) mass is 361 g/mol. The number of rotatable bonds is 5. The number of nitrogens with zero attached hydrogens (tertiary/aromatic N) is 3. The first-order valence-corrected chi connectivity index (χ1v) is 8.67. The zero-order chi connectivity index (χ0) is 18.8. The average molecular weight is 361 g/mol. The maximum Gasteiger partial charge on any atom is 0.298 e. The molecule has 27 heavy (non-hydrogen) atoms. The van der Waals surface area contributed by atoms with Gasteiger partial charge in [-0.05, 0) is 55.5 Å². The van der Waals surface area contributed by atoms with Crippen LogP contribution in [0.4, 0.5) is 0 Å².